The van der Waals surface area contributed by atoms with E-state index in [1.807, 2.05) is 0 Å². The minimum Gasteiger partial charge on any atom is -0.315 e. The number of nitro benzene ring substituents is 1. The fraction of sp³-hybridized carbons (Fsp3) is 0.333. The largest absolute Gasteiger partial charge is 0.324 e. The Balaban J connectivity index is 1.87. The number of nitro groups is 1. The normalized spacial score (nSPS) is 16.6. The van der Waals surface area contributed by atoms with Crippen LogP contribution in [0.25, 0.3) is 11.4 Å². The summed E-state index contributed by atoms with van der Waals surface area (Å²) in [6.07, 6.45) is 0. The predicted octanol–water partition coefficient (Wildman–Crippen LogP) is 2.41. The van der Waals surface area contributed by atoms with Crippen molar-refractivity contribution in [3.63, 3.8) is 0 Å². The van der Waals surface area contributed by atoms with Gasteiger partial charge in [-0.15, -0.1) is 0 Å². The molecule has 2 heterocycles. The van der Waals surface area contributed by atoms with E-state index in [9.17, 15) is 18.9 Å². The van der Waals surface area contributed by atoms with E-state index in [1.165, 1.54) is 11.0 Å². The number of nitrogens with zero attached hydrogens (tertiary/aromatic N) is 4. The molecule has 0 amide bonds. The maximum atomic E-state index is 12.8. The van der Waals surface area contributed by atoms with Crippen molar-refractivity contribution in [3.8, 4) is 11.4 Å². The summed E-state index contributed by atoms with van der Waals surface area (Å²) in [6, 6.07) is 4.50. The maximum Gasteiger partial charge on any atom is 0.324 e. The number of benzene rings is 1. The first kappa shape index (κ1) is 13.4. The molecule has 0 atom stereocenters. The van der Waals surface area contributed by atoms with Gasteiger partial charge < -0.3 is 9.42 Å². The van der Waals surface area contributed by atoms with Gasteiger partial charge in [0.1, 0.15) is 0 Å². The molecule has 0 aliphatic carbocycles. The summed E-state index contributed by atoms with van der Waals surface area (Å²) in [4.78, 5) is 15.6. The van der Waals surface area contributed by atoms with Gasteiger partial charge in [0.05, 0.1) is 18.0 Å². The maximum absolute atomic E-state index is 12.8. The van der Waals surface area contributed by atoms with Gasteiger partial charge in [0.2, 0.25) is 5.82 Å². The Labute approximate surface area is 117 Å². The van der Waals surface area contributed by atoms with Crippen LogP contribution in [-0.2, 0) is 0 Å². The quantitative estimate of drug-likeness (QED) is 0.638. The molecule has 1 aliphatic rings. The van der Waals surface area contributed by atoms with Crippen molar-refractivity contribution >= 4 is 11.7 Å². The van der Waals surface area contributed by atoms with Gasteiger partial charge in [-0.3, -0.25) is 10.1 Å². The smallest absolute Gasteiger partial charge is 0.315 e. The molecule has 0 unspecified atom stereocenters. The van der Waals surface area contributed by atoms with E-state index in [0.717, 1.165) is 0 Å². The summed E-state index contributed by atoms with van der Waals surface area (Å²) in [6.45, 7) is 0.678. The lowest BCUT2D eigenvalue weighted by Crippen LogP contribution is -2.56. The highest BCUT2D eigenvalue weighted by Crippen LogP contribution is 2.32. The van der Waals surface area contributed by atoms with E-state index >= 15 is 0 Å². The molecule has 1 aromatic carbocycles. The summed E-state index contributed by atoms with van der Waals surface area (Å²) in [5.41, 5.74) is 0.846. The highest BCUT2D eigenvalue weighted by molar-refractivity contribution is 5.61. The molecule has 0 N–H and O–H groups in total. The summed E-state index contributed by atoms with van der Waals surface area (Å²) in [5, 5.41) is 14.6. The summed E-state index contributed by atoms with van der Waals surface area (Å²) in [7, 11) is 0. The monoisotopic (exact) mass is 296 g/mol. The average molecular weight is 296 g/mol. The van der Waals surface area contributed by atoms with Crippen molar-refractivity contribution in [2.24, 2.45) is 0 Å². The molecule has 3 rings (SSSR count). The van der Waals surface area contributed by atoms with Crippen LogP contribution >= 0.6 is 0 Å². The third kappa shape index (κ3) is 2.41. The van der Waals surface area contributed by atoms with Crippen molar-refractivity contribution in [1.29, 1.82) is 0 Å². The Morgan fingerprint density at radius 3 is 2.76 bits per heavy atom. The lowest BCUT2D eigenvalue weighted by atomic mass is 10.1. The Morgan fingerprint density at radius 2 is 2.14 bits per heavy atom. The Hall–Kier alpha value is -2.58. The first-order chi connectivity index (χ1) is 9.85. The molecular formula is C12H10F2N4O3. The van der Waals surface area contributed by atoms with E-state index in [-0.39, 0.29) is 17.5 Å². The number of anilines is 1. The van der Waals surface area contributed by atoms with Crippen LogP contribution in [0.3, 0.4) is 0 Å². The summed E-state index contributed by atoms with van der Waals surface area (Å²) in [5.74, 6) is -2.61. The molecule has 110 valence electrons. The van der Waals surface area contributed by atoms with Gasteiger partial charge >= 0.3 is 6.01 Å². The van der Waals surface area contributed by atoms with Crippen LogP contribution in [0.5, 0.6) is 0 Å². The lowest BCUT2D eigenvalue weighted by Gasteiger charge is -2.36. The van der Waals surface area contributed by atoms with E-state index in [4.69, 9.17) is 4.52 Å². The minimum absolute atomic E-state index is 0.0147. The number of halogens is 2. The van der Waals surface area contributed by atoms with Crippen molar-refractivity contribution in [3.05, 3.63) is 33.9 Å². The van der Waals surface area contributed by atoms with E-state index in [2.05, 4.69) is 10.1 Å². The molecule has 7 nitrogen and oxygen atoms in total. The van der Waals surface area contributed by atoms with Crippen LogP contribution in [0, 0.1) is 17.0 Å². The van der Waals surface area contributed by atoms with Crippen molar-refractivity contribution < 1.29 is 18.2 Å². The van der Waals surface area contributed by atoms with Crippen LogP contribution in [0.1, 0.15) is 5.56 Å². The first-order valence-corrected chi connectivity index (χ1v) is 6.08. The van der Waals surface area contributed by atoms with Crippen molar-refractivity contribution in [2.75, 3.05) is 18.0 Å². The molecule has 1 aliphatic heterocycles. The van der Waals surface area contributed by atoms with Gasteiger partial charge in [0.25, 0.3) is 11.6 Å². The van der Waals surface area contributed by atoms with E-state index < -0.39 is 23.9 Å². The minimum atomic E-state index is -2.74. The molecule has 1 saturated heterocycles. The van der Waals surface area contributed by atoms with Gasteiger partial charge in [-0.1, -0.05) is 17.3 Å². The second-order valence-electron chi connectivity index (χ2n) is 4.87. The molecular weight excluding hydrogens is 286 g/mol. The first-order valence-electron chi connectivity index (χ1n) is 6.08. The Kier molecular flexibility index (Phi) is 2.85. The molecule has 0 spiro atoms. The zero-order valence-electron chi connectivity index (χ0n) is 10.9. The number of alkyl halides is 2. The zero-order chi connectivity index (χ0) is 15.2. The predicted molar refractivity (Wildman–Crippen MR) is 68.3 cm³/mol. The number of rotatable bonds is 3. The number of hydrogen-bond acceptors (Lipinski definition) is 6. The molecule has 9 heteroatoms. The van der Waals surface area contributed by atoms with Crippen LogP contribution < -0.4 is 4.90 Å². The standard InChI is InChI=1S/C12H10F2N4O3/c1-7-2-3-8(4-9(7)18(19)20)10-15-11(21-16-10)17-5-12(13,14)6-17/h2-4H,5-6H2,1H3. The van der Waals surface area contributed by atoms with Crippen molar-refractivity contribution in [2.45, 2.75) is 12.8 Å². The summed E-state index contributed by atoms with van der Waals surface area (Å²) < 4.78 is 30.5. The van der Waals surface area contributed by atoms with Gasteiger partial charge in [-0.2, -0.15) is 4.98 Å². The molecule has 0 saturated carbocycles. The van der Waals surface area contributed by atoms with Crippen LogP contribution in [0.2, 0.25) is 0 Å². The van der Waals surface area contributed by atoms with Gasteiger partial charge in [0, 0.05) is 17.2 Å². The van der Waals surface area contributed by atoms with Crippen LogP contribution in [0.4, 0.5) is 20.5 Å². The Morgan fingerprint density at radius 1 is 1.43 bits per heavy atom. The van der Waals surface area contributed by atoms with Gasteiger partial charge in [0.15, 0.2) is 0 Å². The average Bonchev–Trinajstić information content (AvgIpc) is 2.85. The highest BCUT2D eigenvalue weighted by atomic mass is 19.3. The molecule has 0 radical (unpaired) electrons. The van der Waals surface area contributed by atoms with Gasteiger partial charge in [-0.25, -0.2) is 8.78 Å². The molecule has 2 aromatic rings. The second-order valence-corrected chi connectivity index (χ2v) is 4.87. The fourth-order valence-electron chi connectivity index (χ4n) is 2.05. The SMILES string of the molecule is Cc1ccc(-c2noc(N3CC(F)(F)C3)n2)cc1[N+](=O)[O-]. The van der Waals surface area contributed by atoms with Crippen LogP contribution in [-0.4, -0.2) is 34.1 Å². The van der Waals surface area contributed by atoms with E-state index in [1.54, 1.807) is 19.1 Å². The van der Waals surface area contributed by atoms with Crippen LogP contribution in [0.15, 0.2) is 22.7 Å². The second kappa shape index (κ2) is 4.47. The topological polar surface area (TPSA) is 85.3 Å². The zero-order valence-corrected chi connectivity index (χ0v) is 10.9. The Bertz CT molecular complexity index is 708. The molecule has 21 heavy (non-hydrogen) atoms. The van der Waals surface area contributed by atoms with Gasteiger partial charge in [-0.05, 0) is 6.92 Å². The highest BCUT2D eigenvalue weighted by Gasteiger charge is 2.46. The third-order valence-corrected chi connectivity index (χ3v) is 3.19. The van der Waals surface area contributed by atoms with E-state index in [0.29, 0.717) is 11.1 Å². The number of hydrogen-bond donors (Lipinski definition) is 0. The van der Waals surface area contributed by atoms with Crippen molar-refractivity contribution in [1.82, 2.24) is 10.1 Å². The lowest BCUT2D eigenvalue weighted by molar-refractivity contribution is -0.385. The molecule has 0 bridgehead atoms. The fourth-order valence-corrected chi connectivity index (χ4v) is 2.05. The molecule has 1 aromatic heterocycles. The number of aromatic nitrogens is 2. The summed E-state index contributed by atoms with van der Waals surface area (Å²) >= 11 is 0. The molecule has 1 fully saturated rings. The third-order valence-electron chi connectivity index (χ3n) is 3.19. The number of aryl methyl sites for hydroxylation is 1.